The number of hydrogen-bond donors (Lipinski definition) is 1. The number of halogens is 1. The largest absolute Gasteiger partial charge is 0.382 e. The Morgan fingerprint density at radius 3 is 2.45 bits per heavy atom. The number of anilines is 1. The molecule has 3 rings (SSSR count). The van der Waals surface area contributed by atoms with Crippen molar-refractivity contribution in [3.8, 4) is 0 Å². The second kappa shape index (κ2) is 5.88. The molecular formula is C18H20ClN. The van der Waals surface area contributed by atoms with Gasteiger partial charge in [-0.3, -0.25) is 0 Å². The first kappa shape index (κ1) is 13.5. The zero-order valence-electron chi connectivity index (χ0n) is 11.8. The van der Waals surface area contributed by atoms with Gasteiger partial charge in [-0.15, -0.1) is 0 Å². The summed E-state index contributed by atoms with van der Waals surface area (Å²) in [5.74, 6) is 0.679. The van der Waals surface area contributed by atoms with E-state index in [1.807, 2.05) is 12.1 Å². The van der Waals surface area contributed by atoms with Crippen molar-refractivity contribution in [2.45, 2.75) is 38.1 Å². The molecule has 1 aliphatic carbocycles. The van der Waals surface area contributed by atoms with Crippen LogP contribution in [0.15, 0.2) is 48.5 Å². The highest BCUT2D eigenvalue weighted by Gasteiger charge is 2.30. The zero-order valence-corrected chi connectivity index (χ0v) is 12.5. The zero-order chi connectivity index (χ0) is 13.9. The van der Waals surface area contributed by atoms with Crippen LogP contribution in [0.25, 0.3) is 0 Å². The minimum atomic E-state index is 0.600. The van der Waals surface area contributed by atoms with E-state index in [2.05, 4.69) is 48.6 Å². The summed E-state index contributed by atoms with van der Waals surface area (Å²) in [7, 11) is 0. The van der Waals surface area contributed by atoms with Gasteiger partial charge < -0.3 is 5.32 Å². The molecule has 0 unspecified atom stereocenters. The summed E-state index contributed by atoms with van der Waals surface area (Å²) in [4.78, 5) is 0. The molecule has 0 spiro atoms. The molecule has 1 fully saturated rings. The predicted octanol–water partition coefficient (Wildman–Crippen LogP) is 5.26. The Bertz CT molecular complexity index is 570. The van der Waals surface area contributed by atoms with Crippen LogP contribution in [0.4, 0.5) is 5.69 Å². The number of nitrogens with one attached hydrogen (secondary N) is 1. The maximum Gasteiger partial charge on any atom is 0.0406 e. The van der Waals surface area contributed by atoms with Gasteiger partial charge in [0.25, 0.3) is 0 Å². The van der Waals surface area contributed by atoms with E-state index in [0.29, 0.717) is 12.0 Å². The summed E-state index contributed by atoms with van der Waals surface area (Å²) in [6.07, 6.45) is 3.50. The Morgan fingerprint density at radius 1 is 1.05 bits per heavy atom. The molecule has 1 aliphatic rings. The first-order valence-electron chi connectivity index (χ1n) is 7.36. The summed E-state index contributed by atoms with van der Waals surface area (Å²) in [6.45, 7) is 2.21. The number of benzene rings is 2. The lowest BCUT2D eigenvalue weighted by atomic mass is 9.76. The third-order valence-corrected chi connectivity index (χ3v) is 4.49. The molecule has 0 aliphatic heterocycles. The summed E-state index contributed by atoms with van der Waals surface area (Å²) in [6, 6.07) is 17.5. The number of hydrogen-bond acceptors (Lipinski definition) is 1. The van der Waals surface area contributed by atoms with Crippen LogP contribution in [0, 0.1) is 0 Å². The monoisotopic (exact) mass is 285 g/mol. The first-order chi connectivity index (χ1) is 9.76. The molecule has 0 atom stereocenters. The molecule has 0 bridgehead atoms. The summed E-state index contributed by atoms with van der Waals surface area (Å²) >= 11 is 5.93. The van der Waals surface area contributed by atoms with E-state index in [-0.39, 0.29) is 0 Å². The quantitative estimate of drug-likeness (QED) is 0.808. The van der Waals surface area contributed by atoms with Crippen LogP contribution in [0.1, 0.15) is 36.8 Å². The van der Waals surface area contributed by atoms with E-state index >= 15 is 0 Å². The predicted molar refractivity (Wildman–Crippen MR) is 86.7 cm³/mol. The molecule has 20 heavy (non-hydrogen) atoms. The van der Waals surface area contributed by atoms with Gasteiger partial charge in [-0.2, -0.15) is 0 Å². The molecule has 104 valence electrons. The molecule has 1 N–H and O–H groups in total. The van der Waals surface area contributed by atoms with Gasteiger partial charge in [0.1, 0.15) is 0 Å². The van der Waals surface area contributed by atoms with Crippen LogP contribution in [0.5, 0.6) is 0 Å². The van der Waals surface area contributed by atoms with Gasteiger partial charge >= 0.3 is 0 Å². The summed E-state index contributed by atoms with van der Waals surface area (Å²) < 4.78 is 0. The molecule has 1 nitrogen and oxygen atoms in total. The maximum atomic E-state index is 5.93. The molecule has 0 saturated heterocycles. The molecule has 2 aromatic carbocycles. The van der Waals surface area contributed by atoms with Crippen molar-refractivity contribution in [1.29, 1.82) is 0 Å². The van der Waals surface area contributed by atoms with Crippen molar-refractivity contribution in [1.82, 2.24) is 0 Å². The maximum absolute atomic E-state index is 5.93. The Morgan fingerprint density at radius 2 is 1.75 bits per heavy atom. The van der Waals surface area contributed by atoms with Crippen LogP contribution in [-0.4, -0.2) is 6.04 Å². The first-order valence-corrected chi connectivity index (χ1v) is 7.74. The van der Waals surface area contributed by atoms with E-state index < -0.39 is 0 Å². The normalized spacial score (nSPS) is 21.3. The third kappa shape index (κ3) is 2.83. The highest BCUT2D eigenvalue weighted by molar-refractivity contribution is 6.30. The minimum Gasteiger partial charge on any atom is -0.382 e. The molecule has 0 amide bonds. The van der Waals surface area contributed by atoms with Gasteiger partial charge in [0.15, 0.2) is 0 Å². The number of para-hydroxylation sites is 1. The smallest absolute Gasteiger partial charge is 0.0406 e. The van der Waals surface area contributed by atoms with Crippen LogP contribution in [0.2, 0.25) is 5.02 Å². The van der Waals surface area contributed by atoms with Gasteiger partial charge in [-0.05, 0) is 54.5 Å². The lowest BCUT2D eigenvalue weighted by Crippen LogP contribution is -2.34. The molecule has 2 aromatic rings. The minimum absolute atomic E-state index is 0.600. The lowest BCUT2D eigenvalue weighted by molar-refractivity contribution is 0.374. The van der Waals surface area contributed by atoms with Gasteiger partial charge in [0.2, 0.25) is 0 Å². The van der Waals surface area contributed by atoms with Crippen LogP contribution in [0.3, 0.4) is 0 Å². The van der Waals surface area contributed by atoms with Crippen LogP contribution in [-0.2, 0) is 6.42 Å². The van der Waals surface area contributed by atoms with E-state index in [1.54, 1.807) is 0 Å². The number of rotatable bonds is 4. The van der Waals surface area contributed by atoms with Crippen molar-refractivity contribution in [2.24, 2.45) is 0 Å². The van der Waals surface area contributed by atoms with Crippen molar-refractivity contribution in [3.63, 3.8) is 0 Å². The van der Waals surface area contributed by atoms with Crippen molar-refractivity contribution >= 4 is 17.3 Å². The SMILES string of the molecule is CCc1ccccc1NC1CC(c2ccc(Cl)cc2)C1. The second-order valence-electron chi connectivity index (χ2n) is 5.57. The van der Waals surface area contributed by atoms with Crippen molar-refractivity contribution in [2.75, 3.05) is 5.32 Å². The molecular weight excluding hydrogens is 266 g/mol. The second-order valence-corrected chi connectivity index (χ2v) is 6.01. The summed E-state index contributed by atoms with van der Waals surface area (Å²) in [5.41, 5.74) is 4.12. The van der Waals surface area contributed by atoms with E-state index in [0.717, 1.165) is 11.4 Å². The van der Waals surface area contributed by atoms with Gasteiger partial charge in [0, 0.05) is 16.8 Å². The topological polar surface area (TPSA) is 12.0 Å². The standard InChI is InChI=1S/C18H20ClN/c1-2-13-5-3-4-6-18(13)20-17-11-15(12-17)14-7-9-16(19)10-8-14/h3-10,15,17,20H,2,11-12H2,1H3. The highest BCUT2D eigenvalue weighted by Crippen LogP contribution is 2.39. The fraction of sp³-hybridized carbons (Fsp3) is 0.333. The van der Waals surface area contributed by atoms with Gasteiger partial charge in [-0.25, -0.2) is 0 Å². The average molecular weight is 286 g/mol. The fourth-order valence-electron chi connectivity index (χ4n) is 2.93. The third-order valence-electron chi connectivity index (χ3n) is 4.24. The molecule has 0 radical (unpaired) electrons. The van der Waals surface area contributed by atoms with E-state index in [4.69, 9.17) is 11.6 Å². The lowest BCUT2D eigenvalue weighted by Gasteiger charge is -2.37. The molecule has 0 heterocycles. The van der Waals surface area contributed by atoms with E-state index in [1.165, 1.54) is 29.7 Å². The molecule has 2 heteroatoms. The molecule has 0 aromatic heterocycles. The van der Waals surface area contributed by atoms with Crippen LogP contribution >= 0.6 is 11.6 Å². The summed E-state index contributed by atoms with van der Waals surface area (Å²) in [5, 5.41) is 4.50. The Balaban J connectivity index is 1.59. The fourth-order valence-corrected chi connectivity index (χ4v) is 3.06. The van der Waals surface area contributed by atoms with E-state index in [9.17, 15) is 0 Å². The Labute approximate surface area is 126 Å². The average Bonchev–Trinajstić information content (AvgIpc) is 2.44. The molecule has 1 saturated carbocycles. The van der Waals surface area contributed by atoms with Crippen molar-refractivity contribution < 1.29 is 0 Å². The Hall–Kier alpha value is -1.47. The van der Waals surface area contributed by atoms with Gasteiger partial charge in [-0.1, -0.05) is 48.9 Å². The number of aryl methyl sites for hydroxylation is 1. The Kier molecular flexibility index (Phi) is 3.98. The van der Waals surface area contributed by atoms with Crippen LogP contribution < -0.4 is 5.32 Å². The van der Waals surface area contributed by atoms with Crippen molar-refractivity contribution in [3.05, 3.63) is 64.7 Å². The highest BCUT2D eigenvalue weighted by atomic mass is 35.5. The van der Waals surface area contributed by atoms with Gasteiger partial charge in [0.05, 0.1) is 0 Å².